The van der Waals surface area contributed by atoms with Crippen LogP contribution in [-0.2, 0) is 13.5 Å². The molecule has 4 rings (SSSR count). The zero-order valence-corrected chi connectivity index (χ0v) is 11.9. The molecule has 6 heteroatoms. The monoisotopic (exact) mass is 264 g/mol. The van der Waals surface area contributed by atoms with Gasteiger partial charge in [-0.1, -0.05) is 12.1 Å². The fraction of sp³-hybridized carbons (Fsp3) is 0.846. The van der Waals surface area contributed by atoms with Crippen LogP contribution in [0.25, 0.3) is 0 Å². The van der Waals surface area contributed by atoms with Crippen molar-refractivity contribution in [1.82, 2.24) is 30.1 Å². The van der Waals surface area contributed by atoms with Gasteiger partial charge in [0.2, 0.25) is 0 Å². The van der Waals surface area contributed by atoms with E-state index in [1.807, 2.05) is 13.2 Å². The van der Waals surface area contributed by atoms with E-state index < -0.39 is 0 Å². The number of fused-ring (bicyclic) bond motifs is 3. The van der Waals surface area contributed by atoms with Crippen LogP contribution >= 0.6 is 0 Å². The molecule has 106 valence electrons. The van der Waals surface area contributed by atoms with Gasteiger partial charge in [0.25, 0.3) is 0 Å². The molecule has 1 aromatic heterocycles. The number of hydrogen-bond acceptors (Lipinski definition) is 5. The van der Waals surface area contributed by atoms with Crippen molar-refractivity contribution in [3.63, 3.8) is 0 Å². The number of aryl methyl sites for hydroxylation is 1. The van der Waals surface area contributed by atoms with Crippen LogP contribution in [-0.4, -0.2) is 76.1 Å². The van der Waals surface area contributed by atoms with Gasteiger partial charge in [-0.3, -0.25) is 14.5 Å². The first-order valence-electron chi connectivity index (χ1n) is 7.31. The van der Waals surface area contributed by atoms with Gasteiger partial charge in [-0.2, -0.15) is 0 Å². The van der Waals surface area contributed by atoms with Gasteiger partial charge in [-0.05, 0) is 6.54 Å². The maximum atomic E-state index is 4.24. The van der Waals surface area contributed by atoms with Crippen molar-refractivity contribution in [2.24, 2.45) is 7.05 Å². The van der Waals surface area contributed by atoms with Gasteiger partial charge in [-0.15, -0.1) is 5.10 Å². The summed E-state index contributed by atoms with van der Waals surface area (Å²) in [4.78, 5) is 5.23. The first-order valence-corrected chi connectivity index (χ1v) is 7.31. The van der Waals surface area contributed by atoms with E-state index in [-0.39, 0.29) is 0 Å². The summed E-state index contributed by atoms with van der Waals surface area (Å²) in [6.07, 6.45) is 3.00. The molecule has 3 aliphatic heterocycles. The lowest BCUT2D eigenvalue weighted by Gasteiger charge is -2.50. The summed E-state index contributed by atoms with van der Waals surface area (Å²) >= 11 is 0. The Morgan fingerprint density at radius 3 is 2.68 bits per heavy atom. The van der Waals surface area contributed by atoms with E-state index in [2.05, 4.69) is 32.4 Å². The number of nitrogens with zero attached hydrogens (tertiary/aromatic N) is 5. The molecule has 3 aliphatic rings. The van der Waals surface area contributed by atoms with E-state index in [1.54, 1.807) is 4.68 Å². The maximum Gasteiger partial charge on any atom is 0.0843 e. The molecule has 1 N–H and O–H groups in total. The van der Waals surface area contributed by atoms with E-state index in [1.165, 1.54) is 32.7 Å². The molecule has 0 amide bonds. The Hall–Kier alpha value is -0.980. The number of hydrogen-bond donors (Lipinski definition) is 1. The minimum atomic E-state index is 0.477. The van der Waals surface area contributed by atoms with E-state index in [4.69, 9.17) is 0 Å². The Kier molecular flexibility index (Phi) is 3.81. The normalized spacial score (nSPS) is 31.6. The molecule has 0 aromatic carbocycles. The van der Waals surface area contributed by atoms with Gasteiger partial charge in [0.1, 0.15) is 0 Å². The average Bonchev–Trinajstić information content (AvgIpc) is 2.85. The SMILES string of the molecule is CCNC(Cc1cn(C)nn1)C1CN2CCN1CC2. The molecular weight excluding hydrogens is 240 g/mol. The molecule has 0 radical (unpaired) electrons. The van der Waals surface area contributed by atoms with E-state index in [9.17, 15) is 0 Å². The minimum absolute atomic E-state index is 0.477. The van der Waals surface area contributed by atoms with Gasteiger partial charge in [0.05, 0.1) is 5.69 Å². The molecule has 6 nitrogen and oxygen atoms in total. The summed E-state index contributed by atoms with van der Waals surface area (Å²) in [6.45, 7) is 9.29. The Morgan fingerprint density at radius 1 is 1.37 bits per heavy atom. The van der Waals surface area contributed by atoms with Crippen molar-refractivity contribution in [3.05, 3.63) is 11.9 Å². The van der Waals surface area contributed by atoms with E-state index in [0.29, 0.717) is 12.1 Å². The molecule has 4 heterocycles. The first kappa shape index (κ1) is 13.0. The summed E-state index contributed by atoms with van der Waals surface area (Å²) < 4.78 is 1.79. The Bertz CT molecular complexity index is 409. The zero-order chi connectivity index (χ0) is 13.2. The van der Waals surface area contributed by atoms with Gasteiger partial charge in [0.15, 0.2) is 0 Å². The summed E-state index contributed by atoms with van der Waals surface area (Å²) in [5.41, 5.74) is 1.09. The van der Waals surface area contributed by atoms with Crippen LogP contribution < -0.4 is 5.32 Å². The third-order valence-corrected chi connectivity index (χ3v) is 4.33. The third-order valence-electron chi connectivity index (χ3n) is 4.33. The molecule has 2 atom stereocenters. The number of piperazine rings is 3. The van der Waals surface area contributed by atoms with Crippen molar-refractivity contribution in [2.75, 3.05) is 39.3 Å². The standard InChI is InChI=1S/C13H24N6/c1-3-14-12(8-11-9-17(2)16-15-11)13-10-18-4-6-19(13)7-5-18/h9,12-14H,3-8,10H2,1-2H3. The van der Waals surface area contributed by atoms with Crippen molar-refractivity contribution in [2.45, 2.75) is 25.4 Å². The van der Waals surface area contributed by atoms with Crippen LogP contribution in [0.1, 0.15) is 12.6 Å². The molecule has 19 heavy (non-hydrogen) atoms. The number of likely N-dealkylation sites (N-methyl/N-ethyl adjacent to an activating group) is 1. The molecular formula is C13H24N6. The predicted octanol–water partition coefficient (Wildman–Crippen LogP) is -0.664. The van der Waals surface area contributed by atoms with Crippen LogP contribution in [0.5, 0.6) is 0 Å². The largest absolute Gasteiger partial charge is 0.312 e. The van der Waals surface area contributed by atoms with Crippen LogP contribution in [0.3, 0.4) is 0 Å². The molecule has 2 unspecified atom stereocenters. The Balaban J connectivity index is 1.69. The number of rotatable bonds is 5. The van der Waals surface area contributed by atoms with Crippen molar-refractivity contribution in [3.8, 4) is 0 Å². The molecule has 3 saturated heterocycles. The van der Waals surface area contributed by atoms with Crippen molar-refractivity contribution < 1.29 is 0 Å². The first-order chi connectivity index (χ1) is 9.26. The van der Waals surface area contributed by atoms with Crippen LogP contribution in [0.2, 0.25) is 0 Å². The number of aromatic nitrogens is 3. The highest BCUT2D eigenvalue weighted by atomic mass is 15.4. The summed E-state index contributed by atoms with van der Waals surface area (Å²) in [5, 5.41) is 11.9. The highest BCUT2D eigenvalue weighted by Gasteiger charge is 2.36. The summed E-state index contributed by atoms with van der Waals surface area (Å²) in [6, 6.07) is 1.09. The second-order valence-corrected chi connectivity index (χ2v) is 5.66. The van der Waals surface area contributed by atoms with Gasteiger partial charge in [0, 0.05) is 64.5 Å². The van der Waals surface area contributed by atoms with E-state index in [0.717, 1.165) is 18.7 Å². The van der Waals surface area contributed by atoms with Gasteiger partial charge < -0.3 is 5.32 Å². The molecule has 0 spiro atoms. The Morgan fingerprint density at radius 2 is 2.16 bits per heavy atom. The third kappa shape index (κ3) is 2.80. The van der Waals surface area contributed by atoms with Crippen LogP contribution in [0.15, 0.2) is 6.20 Å². The fourth-order valence-electron chi connectivity index (χ4n) is 3.36. The highest BCUT2D eigenvalue weighted by molar-refractivity contribution is 5.02. The second kappa shape index (κ2) is 5.56. The lowest BCUT2D eigenvalue weighted by molar-refractivity contribution is -0.00302. The topological polar surface area (TPSA) is 49.2 Å². The highest BCUT2D eigenvalue weighted by Crippen LogP contribution is 2.20. The van der Waals surface area contributed by atoms with Crippen LogP contribution in [0.4, 0.5) is 0 Å². The molecule has 0 aliphatic carbocycles. The predicted molar refractivity (Wildman–Crippen MR) is 74.0 cm³/mol. The van der Waals surface area contributed by atoms with Gasteiger partial charge in [-0.25, -0.2) is 0 Å². The molecule has 3 fully saturated rings. The van der Waals surface area contributed by atoms with Crippen molar-refractivity contribution in [1.29, 1.82) is 0 Å². The molecule has 2 bridgehead atoms. The maximum absolute atomic E-state index is 4.24. The smallest absolute Gasteiger partial charge is 0.0843 e. The van der Waals surface area contributed by atoms with Crippen LogP contribution in [0, 0.1) is 0 Å². The van der Waals surface area contributed by atoms with Crippen molar-refractivity contribution >= 4 is 0 Å². The summed E-state index contributed by atoms with van der Waals surface area (Å²) in [7, 11) is 1.93. The fourth-order valence-corrected chi connectivity index (χ4v) is 3.36. The van der Waals surface area contributed by atoms with E-state index >= 15 is 0 Å². The number of nitrogens with one attached hydrogen (secondary N) is 1. The van der Waals surface area contributed by atoms with Gasteiger partial charge >= 0.3 is 0 Å². The zero-order valence-electron chi connectivity index (χ0n) is 11.9. The molecule has 1 aromatic rings. The summed E-state index contributed by atoms with van der Waals surface area (Å²) in [5.74, 6) is 0. The molecule has 0 saturated carbocycles. The average molecular weight is 264 g/mol. The lowest BCUT2D eigenvalue weighted by Crippen LogP contribution is -2.66. The second-order valence-electron chi connectivity index (χ2n) is 5.66. The minimum Gasteiger partial charge on any atom is -0.312 e. The quantitative estimate of drug-likeness (QED) is 0.765. The Labute approximate surface area is 114 Å². The lowest BCUT2D eigenvalue weighted by atomic mass is 9.96.